The Hall–Kier alpha value is -12.2. The Kier molecular flexibility index (Phi) is 12.7. The SMILES string of the molecule is N#Cc1cccc(-c2c(-n3c4cc(-c5cccnc5-c5ccccc5)ccc4c4ccc(-c5cccnc5-c5ccccc5)cc43)cncc2-n2c3cc(-c4cccnc4-c4ccccc4)ccc3c3ccc(-c4cccnc4-c4ccccc4)cc32)c1. The number of benzene rings is 9. The summed E-state index contributed by atoms with van der Waals surface area (Å²) >= 11 is 0. The van der Waals surface area contributed by atoms with E-state index in [1.165, 1.54) is 0 Å². The van der Waals surface area contributed by atoms with Gasteiger partial charge in [-0.05, 0) is 88.5 Å². The number of aromatic nitrogens is 7. The van der Waals surface area contributed by atoms with E-state index in [0.29, 0.717) is 5.56 Å². The van der Waals surface area contributed by atoms with E-state index in [2.05, 4.69) is 215 Å². The molecule has 0 spiro atoms. The smallest absolute Gasteiger partial charge is 0.0991 e. The highest BCUT2D eigenvalue weighted by Crippen LogP contribution is 2.46. The summed E-state index contributed by atoms with van der Waals surface area (Å²) in [7, 11) is 0. The van der Waals surface area contributed by atoms with E-state index in [4.69, 9.17) is 24.9 Å². The van der Waals surface area contributed by atoms with Crippen molar-refractivity contribution in [1.29, 1.82) is 5.26 Å². The lowest BCUT2D eigenvalue weighted by Gasteiger charge is -2.20. The van der Waals surface area contributed by atoms with Crippen LogP contribution < -0.4 is 0 Å². The van der Waals surface area contributed by atoms with Gasteiger partial charge in [-0.2, -0.15) is 5.26 Å². The summed E-state index contributed by atoms with van der Waals surface area (Å²) in [5, 5.41) is 15.0. The Morgan fingerprint density at radius 2 is 0.580 bits per heavy atom. The second kappa shape index (κ2) is 21.8. The molecule has 0 saturated heterocycles. The first-order valence-electron chi connectivity index (χ1n) is 29.3. The van der Waals surface area contributed by atoms with Gasteiger partial charge in [0.05, 0.1) is 80.2 Å². The van der Waals surface area contributed by atoms with E-state index in [0.717, 1.165) is 156 Å². The summed E-state index contributed by atoms with van der Waals surface area (Å²) in [5.41, 5.74) is 23.6. The molecule has 0 fully saturated rings. The first-order valence-corrected chi connectivity index (χ1v) is 29.3. The lowest BCUT2D eigenvalue weighted by molar-refractivity contribution is 1.09. The Balaban J connectivity index is 1.02. The van der Waals surface area contributed by atoms with Crippen molar-refractivity contribution >= 4 is 43.6 Å². The van der Waals surface area contributed by atoms with Crippen LogP contribution in [0.25, 0.3) is 156 Å². The van der Waals surface area contributed by atoms with Crippen molar-refractivity contribution in [1.82, 2.24) is 34.1 Å². The van der Waals surface area contributed by atoms with Crippen LogP contribution >= 0.6 is 0 Å². The fourth-order valence-electron chi connectivity index (χ4n) is 12.9. The molecule has 8 nitrogen and oxygen atoms in total. The van der Waals surface area contributed by atoms with E-state index in [1.807, 2.05) is 104 Å². The second-order valence-electron chi connectivity index (χ2n) is 21.9. The first-order chi connectivity index (χ1) is 43.6. The number of rotatable bonds is 11. The van der Waals surface area contributed by atoms with Gasteiger partial charge in [0.1, 0.15) is 0 Å². The van der Waals surface area contributed by atoms with E-state index in [1.54, 1.807) is 0 Å². The lowest BCUT2D eigenvalue weighted by Crippen LogP contribution is -2.05. The van der Waals surface area contributed by atoms with Crippen molar-refractivity contribution < 1.29 is 0 Å². The van der Waals surface area contributed by atoms with Gasteiger partial charge in [-0.1, -0.05) is 206 Å². The van der Waals surface area contributed by atoms with Crippen molar-refractivity contribution in [3.8, 4) is 118 Å². The molecule has 16 aromatic rings. The van der Waals surface area contributed by atoms with Crippen LogP contribution in [0.3, 0.4) is 0 Å². The Morgan fingerprint density at radius 1 is 0.273 bits per heavy atom. The van der Waals surface area contributed by atoms with Crippen LogP contribution in [0.5, 0.6) is 0 Å². The van der Waals surface area contributed by atoms with Crippen LogP contribution in [0.2, 0.25) is 0 Å². The third-order valence-electron chi connectivity index (χ3n) is 16.9. The van der Waals surface area contributed by atoms with E-state index in [-0.39, 0.29) is 0 Å². The van der Waals surface area contributed by atoms with Crippen molar-refractivity contribution in [2.45, 2.75) is 0 Å². The normalized spacial score (nSPS) is 11.4. The number of hydrogen-bond acceptors (Lipinski definition) is 6. The lowest BCUT2D eigenvalue weighted by atomic mass is 9.97. The highest BCUT2D eigenvalue weighted by Gasteiger charge is 2.26. The Bertz CT molecular complexity index is 4810. The van der Waals surface area contributed by atoms with Gasteiger partial charge in [-0.25, -0.2) is 0 Å². The first kappa shape index (κ1) is 51.5. The molecule has 0 bridgehead atoms. The monoisotopic (exact) mass is 1120 g/mol. The number of nitriles is 1. The highest BCUT2D eigenvalue weighted by atomic mass is 15.0. The molecule has 410 valence electrons. The van der Waals surface area contributed by atoms with Gasteiger partial charge >= 0.3 is 0 Å². The maximum absolute atomic E-state index is 10.8. The average Bonchev–Trinajstić information content (AvgIpc) is 1.63. The van der Waals surface area contributed by atoms with Crippen LogP contribution in [0.4, 0.5) is 0 Å². The molecule has 0 unspecified atom stereocenters. The molecule has 16 rings (SSSR count). The summed E-state index contributed by atoms with van der Waals surface area (Å²) in [5.74, 6) is 0. The van der Waals surface area contributed by atoms with E-state index in [9.17, 15) is 5.26 Å². The highest BCUT2D eigenvalue weighted by molar-refractivity contribution is 6.14. The molecule has 0 saturated carbocycles. The number of nitrogens with zero attached hydrogens (tertiary/aromatic N) is 8. The number of pyridine rings is 5. The molecule has 0 aliphatic rings. The van der Waals surface area contributed by atoms with E-state index >= 15 is 0 Å². The van der Waals surface area contributed by atoms with Crippen LogP contribution in [0, 0.1) is 11.3 Å². The van der Waals surface area contributed by atoms with Gasteiger partial charge in [0, 0.05) is 96.4 Å². The Morgan fingerprint density at radius 3 is 0.886 bits per heavy atom. The van der Waals surface area contributed by atoms with Gasteiger partial charge in [0.25, 0.3) is 0 Å². The maximum Gasteiger partial charge on any atom is 0.0991 e. The van der Waals surface area contributed by atoms with Crippen molar-refractivity contribution in [2.75, 3.05) is 0 Å². The Labute approximate surface area is 507 Å². The van der Waals surface area contributed by atoms with Crippen molar-refractivity contribution in [2.24, 2.45) is 0 Å². The third kappa shape index (κ3) is 8.89. The quantitative estimate of drug-likeness (QED) is 0.128. The maximum atomic E-state index is 10.8. The van der Waals surface area contributed by atoms with Gasteiger partial charge < -0.3 is 9.13 Å². The topological polar surface area (TPSA) is 98.1 Å². The van der Waals surface area contributed by atoms with Crippen LogP contribution in [0.15, 0.2) is 304 Å². The van der Waals surface area contributed by atoms with Crippen LogP contribution in [-0.4, -0.2) is 34.1 Å². The number of fused-ring (bicyclic) bond motifs is 6. The van der Waals surface area contributed by atoms with Gasteiger partial charge in [-0.3, -0.25) is 24.9 Å². The van der Waals surface area contributed by atoms with Gasteiger partial charge in [-0.15, -0.1) is 0 Å². The zero-order valence-corrected chi connectivity index (χ0v) is 47.4. The molecule has 7 aromatic heterocycles. The zero-order chi connectivity index (χ0) is 58.5. The van der Waals surface area contributed by atoms with E-state index < -0.39 is 0 Å². The molecule has 0 aliphatic heterocycles. The summed E-state index contributed by atoms with van der Waals surface area (Å²) in [6.07, 6.45) is 11.4. The predicted octanol–water partition coefficient (Wildman–Crippen LogP) is 19.7. The molecular weight excluding hydrogens is 1070 g/mol. The van der Waals surface area contributed by atoms with Gasteiger partial charge in [0.2, 0.25) is 0 Å². The minimum absolute atomic E-state index is 0.537. The molecule has 0 amide bonds. The molecule has 0 atom stereocenters. The van der Waals surface area contributed by atoms with Gasteiger partial charge in [0.15, 0.2) is 0 Å². The molecule has 0 aliphatic carbocycles. The summed E-state index contributed by atoms with van der Waals surface area (Å²) < 4.78 is 4.77. The minimum atomic E-state index is 0.537. The average molecular weight is 1120 g/mol. The molecule has 7 heterocycles. The van der Waals surface area contributed by atoms with Crippen molar-refractivity contribution in [3.05, 3.63) is 310 Å². The summed E-state index contributed by atoms with van der Waals surface area (Å²) in [6, 6.07) is 95.7. The van der Waals surface area contributed by atoms with Crippen LogP contribution in [-0.2, 0) is 0 Å². The van der Waals surface area contributed by atoms with Crippen LogP contribution in [0.1, 0.15) is 5.56 Å². The molecule has 88 heavy (non-hydrogen) atoms. The molecule has 0 radical (unpaired) electrons. The third-order valence-corrected chi connectivity index (χ3v) is 16.9. The fraction of sp³-hybridized carbons (Fsp3) is 0. The molecule has 0 N–H and O–H groups in total. The fourth-order valence-corrected chi connectivity index (χ4v) is 12.9. The molecule has 9 aromatic carbocycles. The summed E-state index contributed by atoms with van der Waals surface area (Å²) in [4.78, 5) is 25.3. The predicted molar refractivity (Wildman–Crippen MR) is 358 cm³/mol. The molecular formula is C80H50N8. The second-order valence-corrected chi connectivity index (χ2v) is 21.9. The number of hydrogen-bond donors (Lipinski definition) is 0. The summed E-state index contributed by atoms with van der Waals surface area (Å²) in [6.45, 7) is 0. The largest absolute Gasteiger partial charge is 0.307 e. The standard InChI is InChI=1S/C80H50N8/c81-49-52-18-13-27-61(44-52)76-74(87-70-45-57(62-28-14-40-83-77(62)53-19-5-1-6-20-53)32-36-66(70)67-37-33-58(46-71(67)87)63-29-15-41-84-78(63)54-21-7-2-8-22-54)50-82-51-75(76)88-72-47-59(64-30-16-42-85-79(64)55-23-9-3-10-24-55)34-38-68(72)69-39-35-60(48-73(69)88)65-31-17-43-86-80(65)56-25-11-4-12-26-56/h1-48,50-51H. The molecule has 8 heteroatoms. The van der Waals surface area contributed by atoms with Crippen molar-refractivity contribution in [3.63, 3.8) is 0 Å². The zero-order valence-electron chi connectivity index (χ0n) is 47.4. The minimum Gasteiger partial charge on any atom is -0.307 e.